The van der Waals surface area contributed by atoms with Gasteiger partial charge < -0.3 is 9.90 Å². The van der Waals surface area contributed by atoms with Crippen LogP contribution in [-0.4, -0.2) is 11.8 Å². The molecule has 0 spiro atoms. The number of aliphatic carboxylic acids is 1. The largest absolute Gasteiger partial charge is 1.00 e. The number of carbonyl (C=O) groups excluding carboxylic acids is 2. The third-order valence-electron chi connectivity index (χ3n) is 1.73. The van der Waals surface area contributed by atoms with Crippen LogP contribution in [-0.2, 0) is 4.79 Å². The van der Waals surface area contributed by atoms with E-state index in [4.69, 9.17) is 0 Å². The Morgan fingerprint density at radius 1 is 1.20 bits per heavy atom. The molecule has 0 aromatic heterocycles. The van der Waals surface area contributed by atoms with Crippen molar-refractivity contribution in [2.24, 2.45) is 0 Å². The van der Waals surface area contributed by atoms with Gasteiger partial charge in [0.25, 0.3) is 0 Å². The molecule has 1 aromatic carbocycles. The molecular weight excluding hydrogens is 313 g/mol. The first-order valence-corrected chi connectivity index (χ1v) is 4.10. The maximum atomic E-state index is 11.4. The number of ketones is 1. The van der Waals surface area contributed by atoms with Crippen LogP contribution in [0.3, 0.4) is 0 Å². The Labute approximate surface area is 147 Å². The molecule has 0 saturated carbocycles. The molecule has 15 heavy (non-hydrogen) atoms. The van der Waals surface area contributed by atoms with Crippen molar-refractivity contribution in [1.82, 2.24) is 0 Å². The van der Waals surface area contributed by atoms with E-state index in [9.17, 15) is 14.7 Å². The van der Waals surface area contributed by atoms with Crippen LogP contribution in [0.25, 0.3) is 0 Å². The van der Waals surface area contributed by atoms with Gasteiger partial charge >= 0.3 is 68.9 Å². The zero-order chi connectivity index (χ0) is 10.6. The molecule has 0 unspecified atom stereocenters. The van der Waals surface area contributed by atoms with Crippen molar-refractivity contribution in [3.63, 3.8) is 0 Å². The van der Waals surface area contributed by atoms with Gasteiger partial charge in [-0.25, -0.2) is 0 Å². The van der Waals surface area contributed by atoms with Crippen LogP contribution in [0.1, 0.15) is 17.3 Å². The zero-order valence-corrected chi connectivity index (χ0v) is 15.0. The molecule has 0 N–H and O–H groups in total. The standard InChI is InChI=1S/C11H10O3.Cs/c1-8(11(13)14)7-10(12)9-5-3-2-4-6-9;/h2-7H,1H3,(H,13,14);/q;+1/p-1. The predicted octanol–water partition coefficient (Wildman–Crippen LogP) is -2.43. The molecule has 72 valence electrons. The number of carbonyl (C=O) groups is 2. The smallest absolute Gasteiger partial charge is 0.545 e. The Kier molecular flexibility index (Phi) is 7.50. The van der Waals surface area contributed by atoms with Gasteiger partial charge in [0.2, 0.25) is 0 Å². The van der Waals surface area contributed by atoms with Crippen LogP contribution < -0.4 is 74.0 Å². The second-order valence-electron chi connectivity index (χ2n) is 2.85. The van der Waals surface area contributed by atoms with Crippen molar-refractivity contribution in [2.75, 3.05) is 0 Å². The molecule has 0 saturated heterocycles. The van der Waals surface area contributed by atoms with E-state index < -0.39 is 5.97 Å². The van der Waals surface area contributed by atoms with Crippen molar-refractivity contribution in [3.05, 3.63) is 47.5 Å². The Morgan fingerprint density at radius 2 is 1.73 bits per heavy atom. The third-order valence-corrected chi connectivity index (χ3v) is 1.73. The first-order chi connectivity index (χ1) is 6.61. The van der Waals surface area contributed by atoms with E-state index in [2.05, 4.69) is 0 Å². The topological polar surface area (TPSA) is 57.2 Å². The van der Waals surface area contributed by atoms with Crippen LogP contribution in [0.15, 0.2) is 42.0 Å². The number of allylic oxidation sites excluding steroid dienone is 1. The summed E-state index contributed by atoms with van der Waals surface area (Å²) in [6.07, 6.45) is 1.06. The molecule has 0 aliphatic carbocycles. The zero-order valence-electron chi connectivity index (χ0n) is 8.69. The third kappa shape index (κ3) is 5.15. The van der Waals surface area contributed by atoms with Crippen LogP contribution >= 0.6 is 0 Å². The molecule has 3 nitrogen and oxygen atoms in total. The van der Waals surface area contributed by atoms with Gasteiger partial charge in [-0.15, -0.1) is 0 Å². The van der Waals surface area contributed by atoms with Crippen molar-refractivity contribution < 1.29 is 83.6 Å². The second-order valence-corrected chi connectivity index (χ2v) is 2.85. The number of benzene rings is 1. The van der Waals surface area contributed by atoms with Gasteiger partial charge in [0.05, 0.1) is 5.97 Å². The molecule has 0 heterocycles. The van der Waals surface area contributed by atoms with E-state index in [1.165, 1.54) is 6.92 Å². The molecule has 1 rings (SSSR count). The Hall–Kier alpha value is 0.152. The number of hydrogen-bond donors (Lipinski definition) is 0. The van der Waals surface area contributed by atoms with E-state index in [-0.39, 0.29) is 80.3 Å². The molecular formula is C11H9CsO3. The number of carboxylic acids is 1. The summed E-state index contributed by atoms with van der Waals surface area (Å²) in [5.41, 5.74) is 0.395. The van der Waals surface area contributed by atoms with Gasteiger partial charge in [-0.1, -0.05) is 30.3 Å². The molecule has 0 bridgehead atoms. The second kappa shape index (κ2) is 7.43. The molecule has 0 atom stereocenters. The summed E-state index contributed by atoms with van der Waals surface area (Å²) in [6, 6.07) is 8.47. The molecule has 4 heteroatoms. The van der Waals surface area contributed by atoms with Gasteiger partial charge in [0, 0.05) is 5.56 Å². The Bertz CT molecular complexity index is 382. The van der Waals surface area contributed by atoms with Crippen molar-refractivity contribution in [1.29, 1.82) is 0 Å². The van der Waals surface area contributed by atoms with E-state index in [0.717, 1.165) is 6.08 Å². The summed E-state index contributed by atoms with van der Waals surface area (Å²) >= 11 is 0. The number of carboxylic acid groups (broad SMARTS) is 1. The quantitative estimate of drug-likeness (QED) is 0.459. The molecule has 0 aliphatic rings. The van der Waals surface area contributed by atoms with Gasteiger partial charge in [-0.2, -0.15) is 0 Å². The van der Waals surface area contributed by atoms with Crippen LogP contribution in [0.4, 0.5) is 0 Å². The van der Waals surface area contributed by atoms with E-state index in [1.54, 1.807) is 30.3 Å². The average molecular weight is 322 g/mol. The van der Waals surface area contributed by atoms with Gasteiger partial charge in [0.1, 0.15) is 0 Å². The van der Waals surface area contributed by atoms with E-state index in [0.29, 0.717) is 5.56 Å². The Balaban J connectivity index is 0.00000196. The average Bonchev–Trinajstić information content (AvgIpc) is 2.19. The summed E-state index contributed by atoms with van der Waals surface area (Å²) in [7, 11) is 0. The van der Waals surface area contributed by atoms with Gasteiger partial charge in [-0.05, 0) is 18.6 Å². The van der Waals surface area contributed by atoms with Gasteiger partial charge in [0.15, 0.2) is 5.78 Å². The van der Waals surface area contributed by atoms with E-state index in [1.807, 2.05) is 0 Å². The van der Waals surface area contributed by atoms with E-state index >= 15 is 0 Å². The normalized spacial score (nSPS) is 10.3. The molecule has 1 aromatic rings. The van der Waals surface area contributed by atoms with Crippen LogP contribution in [0.5, 0.6) is 0 Å². The minimum Gasteiger partial charge on any atom is -0.545 e. The fourth-order valence-electron chi connectivity index (χ4n) is 0.941. The molecule has 0 aliphatic heterocycles. The summed E-state index contributed by atoms with van der Waals surface area (Å²) in [6.45, 7) is 1.33. The van der Waals surface area contributed by atoms with Crippen LogP contribution in [0.2, 0.25) is 0 Å². The summed E-state index contributed by atoms with van der Waals surface area (Å²) in [4.78, 5) is 21.7. The maximum absolute atomic E-state index is 11.4. The monoisotopic (exact) mass is 322 g/mol. The SMILES string of the molecule is CC(=CC(=O)c1ccccc1)C(=O)[O-].[Cs+]. The molecule has 0 fully saturated rings. The van der Waals surface area contributed by atoms with Crippen molar-refractivity contribution >= 4 is 11.8 Å². The predicted molar refractivity (Wildman–Crippen MR) is 49.5 cm³/mol. The fourth-order valence-corrected chi connectivity index (χ4v) is 0.941. The van der Waals surface area contributed by atoms with Gasteiger partial charge in [-0.3, -0.25) is 4.79 Å². The summed E-state index contributed by atoms with van der Waals surface area (Å²) in [5, 5.41) is 10.3. The number of hydrogen-bond acceptors (Lipinski definition) is 3. The first-order valence-electron chi connectivity index (χ1n) is 4.10. The fraction of sp³-hybridized carbons (Fsp3) is 0.0909. The Morgan fingerprint density at radius 3 is 2.20 bits per heavy atom. The first kappa shape index (κ1) is 15.2. The maximum Gasteiger partial charge on any atom is 1.00 e. The minimum absolute atomic E-state index is 0. The molecule has 0 amide bonds. The number of rotatable bonds is 3. The van der Waals surface area contributed by atoms with Crippen molar-refractivity contribution in [2.45, 2.75) is 6.92 Å². The summed E-state index contributed by atoms with van der Waals surface area (Å²) < 4.78 is 0. The van der Waals surface area contributed by atoms with Crippen molar-refractivity contribution in [3.8, 4) is 0 Å². The summed E-state index contributed by atoms with van der Waals surface area (Å²) in [5.74, 6) is -1.65. The molecule has 0 radical (unpaired) electrons. The van der Waals surface area contributed by atoms with Crippen LogP contribution in [0, 0.1) is 0 Å². The minimum atomic E-state index is -1.32.